The fourth-order valence-corrected chi connectivity index (χ4v) is 6.96. The van der Waals surface area contributed by atoms with Crippen LogP contribution in [0.2, 0.25) is 10.0 Å². The van der Waals surface area contributed by atoms with Crippen LogP contribution in [0.4, 0.5) is 0 Å². The molecule has 0 radical (unpaired) electrons. The molecule has 4 aliphatic rings. The monoisotopic (exact) mass is 537 g/mol. The Morgan fingerprint density at radius 1 is 1.03 bits per heavy atom. The summed E-state index contributed by atoms with van der Waals surface area (Å²) < 4.78 is 14.6. The van der Waals surface area contributed by atoms with Crippen LogP contribution in [0.5, 0.6) is 0 Å². The molecule has 0 aromatic carbocycles. The molecule has 9 heteroatoms. The van der Waals surface area contributed by atoms with E-state index in [2.05, 4.69) is 34.3 Å². The van der Waals surface area contributed by atoms with Crippen LogP contribution in [-0.4, -0.2) is 30.5 Å². The minimum absolute atomic E-state index is 0.127. The third-order valence-electron chi connectivity index (χ3n) is 8.89. The van der Waals surface area contributed by atoms with Crippen LogP contribution in [0.25, 0.3) is 22.3 Å². The summed E-state index contributed by atoms with van der Waals surface area (Å²) >= 11 is 13.0. The predicted molar refractivity (Wildman–Crippen MR) is 142 cm³/mol. The number of aromatic nitrogens is 5. The summed E-state index contributed by atoms with van der Waals surface area (Å²) in [5.41, 5.74) is 4.54. The van der Waals surface area contributed by atoms with Crippen LogP contribution < -0.4 is 0 Å². The smallest absolute Gasteiger partial charge is 0.157 e. The van der Waals surface area contributed by atoms with Crippen LogP contribution in [0.15, 0.2) is 35.2 Å². The fraction of sp³-hybridized carbons (Fsp3) is 0.500. The zero-order chi connectivity index (χ0) is 25.2. The van der Waals surface area contributed by atoms with Gasteiger partial charge in [-0.1, -0.05) is 28.4 Å². The molecule has 0 saturated heterocycles. The Bertz CT molecular complexity index is 1450. The Labute approximate surface area is 225 Å². The molecule has 0 N–H and O–H groups in total. The Morgan fingerprint density at radius 3 is 2.43 bits per heavy atom. The van der Waals surface area contributed by atoms with Gasteiger partial charge >= 0.3 is 0 Å². The molecule has 4 heterocycles. The highest BCUT2D eigenvalue weighted by Gasteiger charge is 2.51. The molecule has 4 aliphatic carbocycles. The highest BCUT2D eigenvalue weighted by atomic mass is 35.5. The van der Waals surface area contributed by atoms with Crippen molar-refractivity contribution in [2.75, 3.05) is 0 Å². The second kappa shape index (κ2) is 8.79. The maximum absolute atomic E-state index is 6.80. The lowest BCUT2D eigenvalue weighted by atomic mass is 9.57. The van der Waals surface area contributed by atoms with Crippen LogP contribution in [-0.2, 0) is 23.3 Å². The van der Waals surface area contributed by atoms with Gasteiger partial charge < -0.3 is 9.26 Å². The fourth-order valence-electron chi connectivity index (χ4n) is 6.42. The first-order chi connectivity index (χ1) is 18.0. The number of halogens is 2. The lowest BCUT2D eigenvalue weighted by molar-refractivity contribution is -0.127. The van der Waals surface area contributed by atoms with E-state index < -0.39 is 0 Å². The maximum atomic E-state index is 6.80. The predicted octanol–water partition coefficient (Wildman–Crippen LogP) is 7.25. The van der Waals surface area contributed by atoms with Crippen LogP contribution in [0, 0.1) is 0 Å². The van der Waals surface area contributed by atoms with Crippen molar-refractivity contribution in [2.24, 2.45) is 0 Å². The van der Waals surface area contributed by atoms with Crippen molar-refractivity contribution >= 4 is 34.2 Å². The number of fused-ring (bicyclic) bond motifs is 4. The third kappa shape index (κ3) is 3.89. The Balaban J connectivity index is 1.13. The molecule has 7 nitrogen and oxygen atoms in total. The standard InChI is InChI=1S/C28H29Cl2N5O2/c1-2-35-26-18(13-32-35)5-6-22(33-26)27-7-10-28(11-8-27,12-9-27)36-16-19-24(34-37-25(19)17-3-4-17)23-20(29)14-31-15-21(23)30/h5-6,13-15,17H,2-4,7-12,16H2,1H3. The quantitative estimate of drug-likeness (QED) is 0.247. The van der Waals surface area contributed by atoms with Gasteiger partial charge in [-0.2, -0.15) is 5.10 Å². The van der Waals surface area contributed by atoms with Crippen LogP contribution in [0.1, 0.15) is 81.2 Å². The van der Waals surface area contributed by atoms with Gasteiger partial charge in [0.15, 0.2) is 5.65 Å². The van der Waals surface area contributed by atoms with Crippen molar-refractivity contribution in [3.63, 3.8) is 0 Å². The van der Waals surface area contributed by atoms with Gasteiger partial charge in [-0.05, 0) is 70.4 Å². The van der Waals surface area contributed by atoms with Gasteiger partial charge in [-0.15, -0.1) is 0 Å². The highest BCUT2D eigenvalue weighted by molar-refractivity contribution is 6.38. The molecule has 4 saturated carbocycles. The van der Waals surface area contributed by atoms with E-state index >= 15 is 0 Å². The van der Waals surface area contributed by atoms with Crippen molar-refractivity contribution in [3.8, 4) is 11.3 Å². The minimum Gasteiger partial charge on any atom is -0.370 e. The average molecular weight is 538 g/mol. The maximum Gasteiger partial charge on any atom is 0.157 e. The molecule has 0 atom stereocenters. The van der Waals surface area contributed by atoms with Gasteiger partial charge in [-0.3, -0.25) is 4.98 Å². The van der Waals surface area contributed by atoms with E-state index in [1.165, 1.54) is 5.69 Å². The Morgan fingerprint density at radius 2 is 1.76 bits per heavy atom. The molecule has 192 valence electrons. The van der Waals surface area contributed by atoms with E-state index in [9.17, 15) is 0 Å². The number of pyridine rings is 2. The first-order valence-corrected chi connectivity index (χ1v) is 14.0. The van der Waals surface area contributed by atoms with E-state index in [0.717, 1.165) is 80.3 Å². The second-order valence-electron chi connectivity index (χ2n) is 10.9. The zero-order valence-electron chi connectivity index (χ0n) is 20.8. The Hall–Kier alpha value is -2.48. The summed E-state index contributed by atoms with van der Waals surface area (Å²) in [6.45, 7) is 3.39. The first kappa shape index (κ1) is 23.6. The largest absolute Gasteiger partial charge is 0.370 e. The first-order valence-electron chi connectivity index (χ1n) is 13.3. The molecule has 4 aromatic rings. The molecule has 0 aliphatic heterocycles. The molecule has 2 bridgehead atoms. The van der Waals surface area contributed by atoms with Gasteiger partial charge in [-0.25, -0.2) is 9.67 Å². The lowest BCUT2D eigenvalue weighted by Crippen LogP contribution is -2.50. The lowest BCUT2D eigenvalue weighted by Gasteiger charge is -2.52. The summed E-state index contributed by atoms with van der Waals surface area (Å²) in [5.74, 6) is 1.32. The molecule has 37 heavy (non-hydrogen) atoms. The molecule has 4 aromatic heterocycles. The number of nitrogens with zero attached hydrogens (tertiary/aromatic N) is 5. The van der Waals surface area contributed by atoms with Gasteiger partial charge in [0, 0.05) is 52.5 Å². The third-order valence-corrected chi connectivity index (χ3v) is 9.46. The summed E-state index contributed by atoms with van der Waals surface area (Å²) in [6.07, 6.45) is 13.6. The second-order valence-corrected chi connectivity index (χ2v) is 11.8. The topological polar surface area (TPSA) is 78.9 Å². The van der Waals surface area contributed by atoms with Crippen molar-refractivity contribution < 1.29 is 9.26 Å². The summed E-state index contributed by atoms with van der Waals surface area (Å²) in [5, 5.41) is 10.9. The molecular weight excluding hydrogens is 509 g/mol. The molecule has 0 amide bonds. The Kier molecular flexibility index (Phi) is 5.61. The highest BCUT2D eigenvalue weighted by Crippen LogP contribution is 2.55. The van der Waals surface area contributed by atoms with E-state index in [0.29, 0.717) is 33.8 Å². The SMILES string of the molecule is CCn1ncc2ccc(C34CCC(OCc5c(-c6c(Cl)cncc6Cl)noc5C5CC5)(CC3)CC4)nc21. The number of rotatable bonds is 7. The van der Waals surface area contributed by atoms with Crippen LogP contribution in [0.3, 0.4) is 0 Å². The number of hydrogen-bond acceptors (Lipinski definition) is 6. The normalized spacial score (nSPS) is 25.3. The van der Waals surface area contributed by atoms with E-state index in [4.69, 9.17) is 37.4 Å². The van der Waals surface area contributed by atoms with E-state index in [-0.39, 0.29) is 11.0 Å². The van der Waals surface area contributed by atoms with Gasteiger partial charge in [0.05, 0.1) is 28.5 Å². The number of aryl methyl sites for hydroxylation is 1. The van der Waals surface area contributed by atoms with Crippen molar-refractivity contribution in [1.29, 1.82) is 0 Å². The zero-order valence-corrected chi connectivity index (χ0v) is 22.4. The van der Waals surface area contributed by atoms with Gasteiger partial charge in [0.25, 0.3) is 0 Å². The van der Waals surface area contributed by atoms with E-state index in [1.807, 2.05) is 10.9 Å². The van der Waals surface area contributed by atoms with Crippen molar-refractivity contribution in [2.45, 2.75) is 88.4 Å². The summed E-state index contributed by atoms with van der Waals surface area (Å²) in [7, 11) is 0. The molecular formula is C28H29Cl2N5O2. The molecule has 4 fully saturated rings. The summed E-state index contributed by atoms with van der Waals surface area (Å²) in [6, 6.07) is 4.40. The van der Waals surface area contributed by atoms with Crippen molar-refractivity contribution in [3.05, 3.63) is 57.8 Å². The van der Waals surface area contributed by atoms with Gasteiger partial charge in [0.1, 0.15) is 11.5 Å². The molecule has 8 rings (SSSR count). The van der Waals surface area contributed by atoms with E-state index in [1.54, 1.807) is 12.4 Å². The molecule has 0 unspecified atom stereocenters. The van der Waals surface area contributed by atoms with Crippen LogP contribution >= 0.6 is 23.2 Å². The molecule has 0 spiro atoms. The minimum atomic E-state index is -0.127. The van der Waals surface area contributed by atoms with Crippen molar-refractivity contribution in [1.82, 2.24) is 24.9 Å². The number of hydrogen-bond donors (Lipinski definition) is 0. The number of ether oxygens (including phenoxy) is 1. The van der Waals surface area contributed by atoms with Gasteiger partial charge in [0.2, 0.25) is 0 Å². The average Bonchev–Trinajstić information content (AvgIpc) is 3.56. The summed E-state index contributed by atoms with van der Waals surface area (Å²) in [4.78, 5) is 9.21.